The van der Waals surface area contributed by atoms with Crippen LogP contribution in [0.3, 0.4) is 0 Å². The third-order valence-corrected chi connectivity index (χ3v) is 6.86. The number of hydrogen-bond acceptors (Lipinski definition) is 4. The molecule has 0 aliphatic rings. The lowest BCUT2D eigenvalue weighted by atomic mass is 10.2. The lowest BCUT2D eigenvalue weighted by Gasteiger charge is -2.11. The minimum Gasteiger partial charge on any atom is -0.377 e. The first-order valence-corrected chi connectivity index (χ1v) is 11.8. The average Bonchev–Trinajstić information content (AvgIpc) is 2.66. The van der Waals surface area contributed by atoms with E-state index in [1.807, 2.05) is 26.0 Å². The Kier molecular flexibility index (Phi) is 6.83. The summed E-state index contributed by atoms with van der Waals surface area (Å²) in [4.78, 5) is 4.50. The van der Waals surface area contributed by atoms with Gasteiger partial charge in [0.15, 0.2) is 5.75 Å². The molecule has 0 N–H and O–H groups in total. The molecule has 0 atom stereocenters. The van der Waals surface area contributed by atoms with Gasteiger partial charge < -0.3 is 4.18 Å². The maximum absolute atomic E-state index is 12.6. The van der Waals surface area contributed by atoms with Gasteiger partial charge in [-0.2, -0.15) is 8.42 Å². The fraction of sp³-hybridized carbons (Fsp3) is 0.0952. The molecule has 3 aromatic rings. The topological polar surface area (TPSA) is 55.7 Å². The standard InChI is InChI=1S/C21H16Br2ClNO3S/c1-13-3-7-17(8-4-13)29(26,27)28-21-18(22)9-15(10-19(21)23)12-25-16-6-5-14(2)20(24)11-16/h3-12H,1-2H3. The van der Waals surface area contributed by atoms with Crippen LogP contribution in [0.5, 0.6) is 5.75 Å². The van der Waals surface area contributed by atoms with Gasteiger partial charge in [0.25, 0.3) is 0 Å². The summed E-state index contributed by atoms with van der Waals surface area (Å²) in [6.07, 6.45) is 1.66. The van der Waals surface area contributed by atoms with Crippen LogP contribution in [-0.4, -0.2) is 14.6 Å². The van der Waals surface area contributed by atoms with Gasteiger partial charge in [-0.05, 0) is 93.2 Å². The molecule has 0 aromatic heterocycles. The highest BCUT2D eigenvalue weighted by molar-refractivity contribution is 9.11. The number of halogens is 3. The van der Waals surface area contributed by atoms with Gasteiger partial charge in [-0.1, -0.05) is 35.4 Å². The molecule has 0 bridgehead atoms. The van der Waals surface area contributed by atoms with Crippen LogP contribution in [0.25, 0.3) is 0 Å². The van der Waals surface area contributed by atoms with E-state index in [-0.39, 0.29) is 10.6 Å². The van der Waals surface area contributed by atoms with Crippen molar-refractivity contribution in [2.24, 2.45) is 4.99 Å². The van der Waals surface area contributed by atoms with Crippen LogP contribution in [0.1, 0.15) is 16.7 Å². The Morgan fingerprint density at radius 1 is 0.966 bits per heavy atom. The fourth-order valence-corrected chi connectivity index (χ4v) is 5.14. The molecule has 3 rings (SSSR count). The van der Waals surface area contributed by atoms with Gasteiger partial charge in [-0.3, -0.25) is 4.99 Å². The third-order valence-electron chi connectivity index (χ3n) is 4.04. The lowest BCUT2D eigenvalue weighted by Crippen LogP contribution is -2.10. The summed E-state index contributed by atoms with van der Waals surface area (Å²) in [6.45, 7) is 3.81. The summed E-state index contributed by atoms with van der Waals surface area (Å²) < 4.78 is 31.4. The Hall–Kier alpha value is -1.67. The number of hydrogen-bond donors (Lipinski definition) is 0. The highest BCUT2D eigenvalue weighted by Gasteiger charge is 2.20. The van der Waals surface area contributed by atoms with E-state index in [0.29, 0.717) is 14.0 Å². The Labute approximate surface area is 192 Å². The normalized spacial score (nSPS) is 11.8. The first-order chi connectivity index (χ1) is 13.7. The molecular weight excluding hydrogens is 542 g/mol. The summed E-state index contributed by atoms with van der Waals surface area (Å²) in [5.41, 5.74) is 3.41. The summed E-state index contributed by atoms with van der Waals surface area (Å²) in [5, 5.41) is 0.645. The van der Waals surface area contributed by atoms with Crippen LogP contribution in [0.2, 0.25) is 5.02 Å². The number of aliphatic imine (C=N–C) groups is 1. The minimum atomic E-state index is -3.96. The van der Waals surface area contributed by atoms with Crippen LogP contribution >= 0.6 is 43.5 Å². The van der Waals surface area contributed by atoms with Gasteiger partial charge in [0.2, 0.25) is 0 Å². The molecule has 29 heavy (non-hydrogen) atoms. The van der Waals surface area contributed by atoms with Crippen molar-refractivity contribution in [2.75, 3.05) is 0 Å². The molecule has 4 nitrogen and oxygen atoms in total. The van der Waals surface area contributed by atoms with Crippen molar-refractivity contribution in [2.45, 2.75) is 18.7 Å². The van der Waals surface area contributed by atoms with Gasteiger partial charge in [0.05, 0.1) is 14.6 Å². The van der Waals surface area contributed by atoms with Gasteiger partial charge in [-0.15, -0.1) is 0 Å². The monoisotopic (exact) mass is 555 g/mol. The lowest BCUT2D eigenvalue weighted by molar-refractivity contribution is 0.483. The predicted molar refractivity (Wildman–Crippen MR) is 124 cm³/mol. The molecule has 0 saturated heterocycles. The average molecular weight is 558 g/mol. The molecule has 0 radical (unpaired) electrons. The van der Waals surface area contributed by atoms with Crippen molar-refractivity contribution in [3.63, 3.8) is 0 Å². The molecule has 0 aliphatic carbocycles. The Bertz CT molecular complexity index is 1170. The van der Waals surface area contributed by atoms with E-state index in [2.05, 4.69) is 36.9 Å². The maximum atomic E-state index is 12.6. The third kappa shape index (κ3) is 5.48. The van der Waals surface area contributed by atoms with Gasteiger partial charge in [0.1, 0.15) is 4.90 Å². The maximum Gasteiger partial charge on any atom is 0.339 e. The van der Waals surface area contributed by atoms with E-state index in [1.54, 1.807) is 36.5 Å². The zero-order valence-corrected chi connectivity index (χ0v) is 20.2. The first-order valence-electron chi connectivity index (χ1n) is 8.46. The SMILES string of the molecule is Cc1ccc(S(=O)(=O)Oc2c(Br)cc(C=Nc3ccc(C)c(Cl)c3)cc2Br)cc1. The van der Waals surface area contributed by atoms with Crippen molar-refractivity contribution < 1.29 is 12.6 Å². The summed E-state index contributed by atoms with van der Waals surface area (Å²) in [6, 6.07) is 15.5. The predicted octanol–water partition coefficient (Wildman–Crippen LogP) is 7.00. The van der Waals surface area contributed by atoms with Crippen molar-refractivity contribution in [3.8, 4) is 5.75 Å². The molecule has 0 fully saturated rings. The zero-order chi connectivity index (χ0) is 21.2. The van der Waals surface area contributed by atoms with Crippen molar-refractivity contribution in [1.29, 1.82) is 0 Å². The summed E-state index contributed by atoms with van der Waals surface area (Å²) >= 11 is 12.9. The van der Waals surface area contributed by atoms with Gasteiger partial charge in [0, 0.05) is 11.2 Å². The quantitative estimate of drug-likeness (QED) is 0.251. The highest BCUT2D eigenvalue weighted by atomic mass is 79.9. The largest absolute Gasteiger partial charge is 0.377 e. The molecule has 8 heteroatoms. The Morgan fingerprint density at radius 3 is 2.17 bits per heavy atom. The van der Waals surface area contributed by atoms with Gasteiger partial charge >= 0.3 is 10.1 Å². The van der Waals surface area contributed by atoms with E-state index in [9.17, 15) is 8.42 Å². The van der Waals surface area contributed by atoms with Crippen LogP contribution in [0.4, 0.5) is 5.69 Å². The molecule has 0 heterocycles. The molecule has 0 aliphatic heterocycles. The Balaban J connectivity index is 1.86. The fourth-order valence-electron chi connectivity index (χ4n) is 2.41. The molecular formula is C21H16Br2ClNO3S. The first kappa shape index (κ1) is 22.0. The van der Waals surface area contributed by atoms with Crippen molar-refractivity contribution >= 4 is 65.5 Å². The molecule has 0 amide bonds. The van der Waals surface area contributed by atoms with E-state index >= 15 is 0 Å². The summed E-state index contributed by atoms with van der Waals surface area (Å²) in [5.74, 6) is 0.168. The van der Waals surface area contributed by atoms with Gasteiger partial charge in [-0.25, -0.2) is 0 Å². The molecule has 0 spiro atoms. The smallest absolute Gasteiger partial charge is 0.339 e. The number of benzene rings is 3. The number of aryl methyl sites for hydroxylation is 2. The number of nitrogens with zero attached hydrogens (tertiary/aromatic N) is 1. The van der Waals surface area contributed by atoms with Crippen LogP contribution < -0.4 is 4.18 Å². The summed E-state index contributed by atoms with van der Waals surface area (Å²) in [7, 11) is -3.96. The van der Waals surface area contributed by atoms with Crippen LogP contribution in [0.15, 0.2) is 73.4 Å². The van der Waals surface area contributed by atoms with E-state index in [0.717, 1.165) is 22.4 Å². The van der Waals surface area contributed by atoms with Crippen molar-refractivity contribution in [3.05, 3.63) is 85.3 Å². The molecule has 0 saturated carbocycles. The minimum absolute atomic E-state index is 0.0868. The second kappa shape index (κ2) is 9.00. The zero-order valence-electron chi connectivity index (χ0n) is 15.5. The van der Waals surface area contributed by atoms with E-state index in [1.165, 1.54) is 12.1 Å². The second-order valence-corrected chi connectivity index (χ2v) is 10.0. The highest BCUT2D eigenvalue weighted by Crippen LogP contribution is 2.36. The van der Waals surface area contributed by atoms with E-state index in [4.69, 9.17) is 15.8 Å². The second-order valence-electron chi connectivity index (χ2n) is 6.36. The molecule has 3 aromatic carbocycles. The molecule has 150 valence electrons. The van der Waals surface area contributed by atoms with Crippen molar-refractivity contribution in [1.82, 2.24) is 0 Å². The van der Waals surface area contributed by atoms with E-state index < -0.39 is 10.1 Å². The number of rotatable bonds is 5. The van der Waals surface area contributed by atoms with Crippen LogP contribution in [-0.2, 0) is 10.1 Å². The Morgan fingerprint density at radius 2 is 1.59 bits per heavy atom. The molecule has 0 unspecified atom stereocenters. The van der Waals surface area contributed by atoms with Crippen LogP contribution in [0, 0.1) is 13.8 Å².